The standard InChI is InChI=1S/C12H9F3N2OS/c13-12(14,15)6-18-10-7-3-1-2-4-9(7)17-5-8(10)11(16)19/h1-5H,6H2,(H2,16,19). The zero-order chi connectivity index (χ0) is 14.0. The van der Waals surface area contributed by atoms with Gasteiger partial charge in [0, 0.05) is 11.6 Å². The first kappa shape index (κ1) is 13.5. The maximum atomic E-state index is 12.3. The summed E-state index contributed by atoms with van der Waals surface area (Å²) < 4.78 is 41.7. The van der Waals surface area contributed by atoms with Crippen molar-refractivity contribution in [1.29, 1.82) is 0 Å². The fraction of sp³-hybridized carbons (Fsp3) is 0.167. The van der Waals surface area contributed by atoms with Crippen molar-refractivity contribution >= 4 is 28.1 Å². The van der Waals surface area contributed by atoms with Gasteiger partial charge in [-0.15, -0.1) is 0 Å². The quantitative estimate of drug-likeness (QED) is 0.881. The van der Waals surface area contributed by atoms with Crippen LogP contribution in [0.3, 0.4) is 0 Å². The van der Waals surface area contributed by atoms with Crippen molar-refractivity contribution in [2.24, 2.45) is 5.73 Å². The number of aromatic nitrogens is 1. The molecule has 0 aliphatic rings. The van der Waals surface area contributed by atoms with Gasteiger partial charge in [0.2, 0.25) is 0 Å². The molecule has 0 aliphatic carbocycles. The zero-order valence-electron chi connectivity index (χ0n) is 9.57. The molecule has 0 radical (unpaired) electrons. The van der Waals surface area contributed by atoms with E-state index < -0.39 is 12.8 Å². The number of thiocarbonyl (C=S) groups is 1. The van der Waals surface area contributed by atoms with E-state index in [1.54, 1.807) is 24.3 Å². The number of rotatable bonds is 3. The van der Waals surface area contributed by atoms with Gasteiger partial charge in [-0.3, -0.25) is 4.98 Å². The molecule has 0 saturated heterocycles. The van der Waals surface area contributed by atoms with Crippen LogP contribution in [-0.2, 0) is 0 Å². The first-order valence-corrected chi connectivity index (χ1v) is 5.66. The van der Waals surface area contributed by atoms with E-state index in [2.05, 4.69) is 4.98 Å². The largest absolute Gasteiger partial charge is 0.483 e. The molecule has 0 saturated carbocycles. The number of fused-ring (bicyclic) bond motifs is 1. The lowest BCUT2D eigenvalue weighted by molar-refractivity contribution is -0.153. The number of nitrogens with zero attached hydrogens (tertiary/aromatic N) is 1. The van der Waals surface area contributed by atoms with E-state index in [4.69, 9.17) is 22.7 Å². The molecule has 0 aliphatic heterocycles. The average molecular weight is 286 g/mol. The molecule has 3 nitrogen and oxygen atoms in total. The Morgan fingerprint density at radius 2 is 2.00 bits per heavy atom. The molecule has 19 heavy (non-hydrogen) atoms. The number of hydrogen-bond acceptors (Lipinski definition) is 3. The van der Waals surface area contributed by atoms with Crippen LogP contribution in [0.25, 0.3) is 10.9 Å². The summed E-state index contributed by atoms with van der Waals surface area (Å²) in [6.45, 7) is -1.41. The van der Waals surface area contributed by atoms with Gasteiger partial charge in [0.05, 0.1) is 11.1 Å². The third-order valence-electron chi connectivity index (χ3n) is 2.37. The molecule has 0 spiro atoms. The van der Waals surface area contributed by atoms with Gasteiger partial charge in [-0.1, -0.05) is 24.4 Å². The molecule has 2 N–H and O–H groups in total. The van der Waals surface area contributed by atoms with Crippen molar-refractivity contribution in [3.8, 4) is 5.75 Å². The summed E-state index contributed by atoms with van der Waals surface area (Å²) in [6.07, 6.45) is -3.12. The molecule has 100 valence electrons. The van der Waals surface area contributed by atoms with E-state index in [0.717, 1.165) is 0 Å². The van der Waals surface area contributed by atoms with Crippen molar-refractivity contribution in [2.45, 2.75) is 6.18 Å². The van der Waals surface area contributed by atoms with E-state index in [1.807, 2.05) is 0 Å². The molecular formula is C12H9F3N2OS. The number of ether oxygens (including phenoxy) is 1. The second kappa shape index (κ2) is 5.00. The van der Waals surface area contributed by atoms with Crippen molar-refractivity contribution in [3.63, 3.8) is 0 Å². The summed E-state index contributed by atoms with van der Waals surface area (Å²) in [7, 11) is 0. The van der Waals surface area contributed by atoms with E-state index in [0.29, 0.717) is 10.9 Å². The van der Waals surface area contributed by atoms with Gasteiger partial charge in [-0.05, 0) is 12.1 Å². The highest BCUT2D eigenvalue weighted by Crippen LogP contribution is 2.29. The van der Waals surface area contributed by atoms with Gasteiger partial charge in [-0.25, -0.2) is 0 Å². The Hall–Kier alpha value is -1.89. The fourth-order valence-electron chi connectivity index (χ4n) is 1.60. The number of alkyl halides is 3. The Morgan fingerprint density at radius 1 is 1.32 bits per heavy atom. The number of pyridine rings is 1. The van der Waals surface area contributed by atoms with Gasteiger partial charge >= 0.3 is 6.18 Å². The van der Waals surface area contributed by atoms with Crippen molar-refractivity contribution in [2.75, 3.05) is 6.61 Å². The van der Waals surface area contributed by atoms with Gasteiger partial charge in [-0.2, -0.15) is 13.2 Å². The molecule has 2 aromatic rings. The van der Waals surface area contributed by atoms with Crippen LogP contribution in [0.5, 0.6) is 5.75 Å². The monoisotopic (exact) mass is 286 g/mol. The van der Waals surface area contributed by atoms with Crippen LogP contribution in [0, 0.1) is 0 Å². The minimum atomic E-state index is -4.43. The lowest BCUT2D eigenvalue weighted by Gasteiger charge is -2.14. The lowest BCUT2D eigenvalue weighted by atomic mass is 10.1. The summed E-state index contributed by atoms with van der Waals surface area (Å²) >= 11 is 4.80. The van der Waals surface area contributed by atoms with E-state index in [1.165, 1.54) is 6.20 Å². The van der Waals surface area contributed by atoms with Crippen LogP contribution >= 0.6 is 12.2 Å². The highest BCUT2D eigenvalue weighted by molar-refractivity contribution is 7.80. The minimum absolute atomic E-state index is 0.00965. The second-order valence-electron chi connectivity index (χ2n) is 3.79. The molecular weight excluding hydrogens is 277 g/mol. The summed E-state index contributed by atoms with van der Waals surface area (Å²) in [6, 6.07) is 6.67. The van der Waals surface area contributed by atoms with E-state index in [9.17, 15) is 13.2 Å². The number of hydrogen-bond donors (Lipinski definition) is 1. The van der Waals surface area contributed by atoms with Gasteiger partial charge in [0.1, 0.15) is 10.7 Å². The predicted octanol–water partition coefficient (Wildman–Crippen LogP) is 2.81. The van der Waals surface area contributed by atoms with E-state index >= 15 is 0 Å². The first-order chi connectivity index (χ1) is 8.88. The Balaban J connectivity index is 2.53. The Kier molecular flexibility index (Phi) is 3.57. The topological polar surface area (TPSA) is 48.1 Å². The van der Waals surface area contributed by atoms with Gasteiger partial charge in [0.15, 0.2) is 6.61 Å². The number of para-hydroxylation sites is 1. The van der Waals surface area contributed by atoms with Crippen LogP contribution in [0.15, 0.2) is 30.5 Å². The molecule has 2 rings (SSSR count). The fourth-order valence-corrected chi connectivity index (χ4v) is 1.75. The highest BCUT2D eigenvalue weighted by Gasteiger charge is 2.29. The van der Waals surface area contributed by atoms with Crippen LogP contribution < -0.4 is 10.5 Å². The minimum Gasteiger partial charge on any atom is -0.483 e. The molecule has 1 aromatic heterocycles. The highest BCUT2D eigenvalue weighted by atomic mass is 32.1. The van der Waals surface area contributed by atoms with Crippen molar-refractivity contribution in [1.82, 2.24) is 4.98 Å². The summed E-state index contributed by atoms with van der Waals surface area (Å²) in [5.41, 5.74) is 6.18. The number of nitrogens with two attached hydrogens (primary N) is 1. The maximum absolute atomic E-state index is 12.3. The third-order valence-corrected chi connectivity index (χ3v) is 2.59. The van der Waals surface area contributed by atoms with Crippen molar-refractivity contribution < 1.29 is 17.9 Å². The molecule has 0 amide bonds. The average Bonchev–Trinajstić information content (AvgIpc) is 2.34. The molecule has 1 heterocycles. The smallest absolute Gasteiger partial charge is 0.422 e. The maximum Gasteiger partial charge on any atom is 0.422 e. The predicted molar refractivity (Wildman–Crippen MR) is 69.2 cm³/mol. The second-order valence-corrected chi connectivity index (χ2v) is 4.23. The summed E-state index contributed by atoms with van der Waals surface area (Å²) in [4.78, 5) is 4.02. The SMILES string of the molecule is NC(=S)c1cnc2ccccc2c1OCC(F)(F)F. The zero-order valence-corrected chi connectivity index (χ0v) is 10.4. The van der Waals surface area contributed by atoms with Crippen LogP contribution in [-0.4, -0.2) is 22.8 Å². The van der Waals surface area contributed by atoms with Crippen LogP contribution in [0.4, 0.5) is 13.2 Å². The van der Waals surface area contributed by atoms with E-state index in [-0.39, 0.29) is 16.3 Å². The lowest BCUT2D eigenvalue weighted by Crippen LogP contribution is -2.21. The van der Waals surface area contributed by atoms with Crippen LogP contribution in [0.2, 0.25) is 0 Å². The van der Waals surface area contributed by atoms with Gasteiger partial charge in [0.25, 0.3) is 0 Å². The molecule has 0 atom stereocenters. The third kappa shape index (κ3) is 3.11. The Morgan fingerprint density at radius 3 is 2.63 bits per heavy atom. The first-order valence-electron chi connectivity index (χ1n) is 5.25. The van der Waals surface area contributed by atoms with Crippen LogP contribution in [0.1, 0.15) is 5.56 Å². The summed E-state index contributed by atoms with van der Waals surface area (Å²) in [5.74, 6) is 0.00965. The number of benzene rings is 1. The molecule has 1 aromatic carbocycles. The Bertz CT molecular complexity index is 628. The molecule has 7 heteroatoms. The Labute approximate surface area is 112 Å². The molecule has 0 fully saturated rings. The number of halogens is 3. The summed E-state index contributed by atoms with van der Waals surface area (Å²) in [5, 5.41) is 0.442. The normalized spacial score (nSPS) is 11.5. The molecule has 0 bridgehead atoms. The van der Waals surface area contributed by atoms with Gasteiger partial charge < -0.3 is 10.5 Å². The van der Waals surface area contributed by atoms with Crippen molar-refractivity contribution in [3.05, 3.63) is 36.0 Å². The molecule has 0 unspecified atom stereocenters.